The van der Waals surface area contributed by atoms with Gasteiger partial charge in [0.15, 0.2) is 0 Å². The Bertz CT molecular complexity index is 363. The Balaban J connectivity index is 3.41. The molecule has 1 aromatic carbocycles. The highest BCUT2D eigenvalue weighted by atomic mass is 32.1. The van der Waals surface area contributed by atoms with Gasteiger partial charge in [0.2, 0.25) is 0 Å². The molecule has 0 radical (unpaired) electrons. The van der Waals surface area contributed by atoms with E-state index < -0.39 is 0 Å². The summed E-state index contributed by atoms with van der Waals surface area (Å²) in [5, 5.41) is 0. The lowest BCUT2D eigenvalue weighted by Crippen LogP contribution is -2.17. The zero-order valence-electron chi connectivity index (χ0n) is 10.1. The Kier molecular flexibility index (Phi) is 3.91. The highest BCUT2D eigenvalue weighted by molar-refractivity contribution is 7.80. The maximum Gasteiger partial charge on any atom is 0.145 e. The topological polar surface area (TPSA) is 12.5 Å². The monoisotopic (exact) mass is 225 g/mol. The summed E-state index contributed by atoms with van der Waals surface area (Å²) in [5.74, 6) is 1.64. The van der Waals surface area contributed by atoms with E-state index in [2.05, 4.69) is 44.4 Å². The van der Waals surface area contributed by atoms with Gasteiger partial charge in [0.05, 0.1) is 18.7 Å². The summed E-state index contributed by atoms with van der Waals surface area (Å²) in [6.45, 7) is 6.29. The van der Waals surface area contributed by atoms with Gasteiger partial charge in [0.25, 0.3) is 0 Å². The SMILES string of the molecule is COc1c(C)c(C)cc(C)c1N(C)CS. The quantitative estimate of drug-likeness (QED) is 0.627. The maximum atomic E-state index is 5.49. The second kappa shape index (κ2) is 4.79. The number of benzene rings is 1. The summed E-state index contributed by atoms with van der Waals surface area (Å²) in [6.07, 6.45) is 0. The van der Waals surface area contributed by atoms with Crippen LogP contribution in [0.3, 0.4) is 0 Å². The van der Waals surface area contributed by atoms with Crippen LogP contribution in [0, 0.1) is 20.8 Å². The van der Waals surface area contributed by atoms with Crippen LogP contribution in [0.4, 0.5) is 5.69 Å². The molecule has 0 atom stereocenters. The molecule has 0 heterocycles. The first kappa shape index (κ1) is 12.2. The lowest BCUT2D eigenvalue weighted by atomic mass is 10.0. The molecule has 0 N–H and O–H groups in total. The molecular weight excluding hydrogens is 206 g/mol. The summed E-state index contributed by atoms with van der Waals surface area (Å²) < 4.78 is 5.49. The minimum atomic E-state index is 0.680. The number of ether oxygens (including phenoxy) is 1. The van der Waals surface area contributed by atoms with E-state index >= 15 is 0 Å². The van der Waals surface area contributed by atoms with Crippen molar-refractivity contribution in [2.45, 2.75) is 20.8 Å². The zero-order valence-corrected chi connectivity index (χ0v) is 11.0. The van der Waals surface area contributed by atoms with Gasteiger partial charge in [-0.25, -0.2) is 0 Å². The summed E-state index contributed by atoms with van der Waals surface area (Å²) in [7, 11) is 3.74. The standard InChI is InChI=1S/C12H19NOS/c1-8-6-9(2)11(13(4)7-15)12(14-5)10(8)3/h6,15H,7H2,1-5H3. The third-order valence-electron chi connectivity index (χ3n) is 2.75. The first-order valence-electron chi connectivity index (χ1n) is 4.99. The fourth-order valence-electron chi connectivity index (χ4n) is 1.83. The van der Waals surface area contributed by atoms with E-state index in [1.165, 1.54) is 16.7 Å². The van der Waals surface area contributed by atoms with E-state index in [0.29, 0.717) is 5.88 Å². The van der Waals surface area contributed by atoms with Crippen LogP contribution in [0.15, 0.2) is 6.07 Å². The van der Waals surface area contributed by atoms with E-state index in [-0.39, 0.29) is 0 Å². The maximum absolute atomic E-state index is 5.49. The highest BCUT2D eigenvalue weighted by Gasteiger charge is 2.14. The summed E-state index contributed by atoms with van der Waals surface area (Å²) >= 11 is 4.29. The van der Waals surface area contributed by atoms with Crippen LogP contribution in [-0.2, 0) is 0 Å². The van der Waals surface area contributed by atoms with Gasteiger partial charge < -0.3 is 9.64 Å². The molecule has 0 amide bonds. The number of anilines is 1. The molecule has 3 heteroatoms. The van der Waals surface area contributed by atoms with Crippen LogP contribution >= 0.6 is 12.6 Å². The van der Waals surface area contributed by atoms with Crippen molar-refractivity contribution in [3.8, 4) is 5.75 Å². The molecule has 0 aliphatic rings. The van der Waals surface area contributed by atoms with Crippen molar-refractivity contribution in [3.05, 3.63) is 22.8 Å². The smallest absolute Gasteiger partial charge is 0.145 e. The molecule has 0 unspecified atom stereocenters. The largest absolute Gasteiger partial charge is 0.494 e. The molecule has 0 aliphatic heterocycles. The van der Waals surface area contributed by atoms with Gasteiger partial charge in [-0.05, 0) is 37.5 Å². The van der Waals surface area contributed by atoms with Gasteiger partial charge in [-0.15, -0.1) is 0 Å². The van der Waals surface area contributed by atoms with Crippen LogP contribution < -0.4 is 9.64 Å². The molecule has 0 aliphatic carbocycles. The number of hydrogen-bond acceptors (Lipinski definition) is 3. The van der Waals surface area contributed by atoms with Gasteiger partial charge >= 0.3 is 0 Å². The van der Waals surface area contributed by atoms with Gasteiger partial charge in [-0.3, -0.25) is 0 Å². The molecular formula is C12H19NOS. The van der Waals surface area contributed by atoms with Crippen LogP contribution in [0.2, 0.25) is 0 Å². The number of methoxy groups -OCH3 is 1. The zero-order chi connectivity index (χ0) is 11.6. The van der Waals surface area contributed by atoms with E-state index in [1.807, 2.05) is 7.05 Å². The Morgan fingerprint density at radius 1 is 1.27 bits per heavy atom. The van der Waals surface area contributed by atoms with Crippen molar-refractivity contribution < 1.29 is 4.74 Å². The van der Waals surface area contributed by atoms with E-state index in [4.69, 9.17) is 4.74 Å². The van der Waals surface area contributed by atoms with E-state index in [0.717, 1.165) is 11.4 Å². The van der Waals surface area contributed by atoms with Crippen LogP contribution in [0.25, 0.3) is 0 Å². The van der Waals surface area contributed by atoms with E-state index in [9.17, 15) is 0 Å². The second-order valence-corrected chi connectivity index (χ2v) is 4.14. The number of thiol groups is 1. The Labute approximate surface area is 97.6 Å². The van der Waals surface area contributed by atoms with Crippen molar-refractivity contribution in [1.82, 2.24) is 0 Å². The average Bonchev–Trinajstić information content (AvgIpc) is 2.21. The molecule has 0 bridgehead atoms. The second-order valence-electron chi connectivity index (χ2n) is 3.86. The van der Waals surface area contributed by atoms with Crippen LogP contribution in [0.1, 0.15) is 16.7 Å². The molecule has 2 nitrogen and oxygen atoms in total. The third kappa shape index (κ3) is 2.23. The molecule has 0 aromatic heterocycles. The molecule has 0 spiro atoms. The molecule has 0 saturated heterocycles. The predicted molar refractivity (Wildman–Crippen MR) is 69.5 cm³/mol. The minimum Gasteiger partial charge on any atom is -0.494 e. The van der Waals surface area contributed by atoms with Gasteiger partial charge in [-0.2, -0.15) is 12.6 Å². The van der Waals surface area contributed by atoms with Crippen LogP contribution in [-0.4, -0.2) is 20.0 Å². The fraction of sp³-hybridized carbons (Fsp3) is 0.500. The lowest BCUT2D eigenvalue weighted by Gasteiger charge is -2.24. The molecule has 0 saturated carbocycles. The normalized spacial score (nSPS) is 10.3. The third-order valence-corrected chi connectivity index (χ3v) is 3.18. The average molecular weight is 225 g/mol. The molecule has 1 rings (SSSR count). The molecule has 1 aromatic rings. The van der Waals surface area contributed by atoms with E-state index in [1.54, 1.807) is 7.11 Å². The number of nitrogens with zero attached hydrogens (tertiary/aromatic N) is 1. The van der Waals surface area contributed by atoms with Gasteiger partial charge in [0, 0.05) is 7.05 Å². The van der Waals surface area contributed by atoms with Gasteiger partial charge in [-0.1, -0.05) is 6.07 Å². The van der Waals surface area contributed by atoms with Crippen molar-refractivity contribution in [1.29, 1.82) is 0 Å². The highest BCUT2D eigenvalue weighted by Crippen LogP contribution is 2.36. The van der Waals surface area contributed by atoms with Crippen molar-refractivity contribution in [2.24, 2.45) is 0 Å². The Hall–Kier alpha value is -0.830. The molecule has 84 valence electrons. The summed E-state index contributed by atoms with van der Waals surface area (Å²) in [5.41, 5.74) is 4.83. The Morgan fingerprint density at radius 2 is 1.87 bits per heavy atom. The predicted octanol–water partition coefficient (Wildman–Crippen LogP) is 2.94. The molecule has 15 heavy (non-hydrogen) atoms. The number of rotatable bonds is 3. The number of aryl methyl sites for hydroxylation is 2. The summed E-state index contributed by atoms with van der Waals surface area (Å²) in [6, 6.07) is 2.19. The van der Waals surface area contributed by atoms with Crippen molar-refractivity contribution >= 4 is 18.3 Å². The van der Waals surface area contributed by atoms with Crippen molar-refractivity contribution in [3.63, 3.8) is 0 Å². The van der Waals surface area contributed by atoms with Crippen molar-refractivity contribution in [2.75, 3.05) is 24.9 Å². The summed E-state index contributed by atoms with van der Waals surface area (Å²) in [4.78, 5) is 2.09. The lowest BCUT2D eigenvalue weighted by molar-refractivity contribution is 0.411. The molecule has 0 fully saturated rings. The van der Waals surface area contributed by atoms with Crippen LogP contribution in [0.5, 0.6) is 5.75 Å². The fourth-order valence-corrected chi connectivity index (χ4v) is 1.97. The Morgan fingerprint density at radius 3 is 2.33 bits per heavy atom. The minimum absolute atomic E-state index is 0.680. The number of hydrogen-bond donors (Lipinski definition) is 1. The first-order valence-corrected chi connectivity index (χ1v) is 5.63. The first-order chi connectivity index (χ1) is 7.02. The van der Waals surface area contributed by atoms with Gasteiger partial charge in [0.1, 0.15) is 5.75 Å².